The van der Waals surface area contributed by atoms with Crippen LogP contribution in [0.5, 0.6) is 0 Å². The molecule has 0 spiro atoms. The van der Waals surface area contributed by atoms with Gasteiger partial charge in [0.1, 0.15) is 0 Å². The Balaban J connectivity index is 2.10. The summed E-state index contributed by atoms with van der Waals surface area (Å²) in [5.74, 6) is 1.09. The van der Waals surface area contributed by atoms with Gasteiger partial charge in [-0.2, -0.15) is 0 Å². The predicted octanol–water partition coefficient (Wildman–Crippen LogP) is 1.59. The van der Waals surface area contributed by atoms with Crippen LogP contribution in [0.2, 0.25) is 0 Å². The molecule has 0 saturated heterocycles. The Morgan fingerprint density at radius 3 is 3.06 bits per heavy atom. The van der Waals surface area contributed by atoms with Crippen molar-refractivity contribution in [3.63, 3.8) is 0 Å². The average Bonchev–Trinajstić information content (AvgIpc) is 2.38. The van der Waals surface area contributed by atoms with E-state index in [4.69, 9.17) is 0 Å². The van der Waals surface area contributed by atoms with Crippen molar-refractivity contribution in [1.82, 2.24) is 10.3 Å². The molecule has 4 nitrogen and oxygen atoms in total. The molecule has 0 radical (unpaired) electrons. The van der Waals surface area contributed by atoms with Crippen molar-refractivity contribution in [3.05, 3.63) is 30.1 Å². The molecule has 1 rings (SSSR count). The number of rotatable bonds is 8. The van der Waals surface area contributed by atoms with Crippen molar-refractivity contribution < 1.29 is 9.90 Å². The maximum atomic E-state index is 11.5. The van der Waals surface area contributed by atoms with Gasteiger partial charge in [-0.1, -0.05) is 19.4 Å². The van der Waals surface area contributed by atoms with Crippen molar-refractivity contribution in [3.8, 4) is 0 Å². The minimum Gasteiger partial charge on any atom is -0.391 e. The lowest BCUT2D eigenvalue weighted by molar-refractivity contribution is -0.119. The molecule has 18 heavy (non-hydrogen) atoms. The van der Waals surface area contributed by atoms with E-state index >= 15 is 0 Å². The van der Waals surface area contributed by atoms with Crippen molar-refractivity contribution in [2.45, 2.75) is 31.6 Å². The number of aliphatic hydroxyl groups excluding tert-OH is 1. The molecule has 1 heterocycles. The summed E-state index contributed by atoms with van der Waals surface area (Å²) < 4.78 is 0. The van der Waals surface area contributed by atoms with Crippen LogP contribution in [0.4, 0.5) is 0 Å². The summed E-state index contributed by atoms with van der Waals surface area (Å²) in [4.78, 5) is 15.7. The van der Waals surface area contributed by atoms with Crippen molar-refractivity contribution in [2.24, 2.45) is 0 Å². The maximum absolute atomic E-state index is 11.5. The van der Waals surface area contributed by atoms with Crippen LogP contribution in [-0.4, -0.2) is 34.4 Å². The highest BCUT2D eigenvalue weighted by atomic mass is 32.2. The standard InChI is InChI=1S/C13H20N2O2S/c1-2-5-12(16)8-15-13(17)10-18-9-11-6-3-4-7-14-11/h3-4,6-7,12,16H,2,5,8-10H2,1H3,(H,15,17). The predicted molar refractivity (Wildman–Crippen MR) is 74.3 cm³/mol. The fourth-order valence-corrected chi connectivity index (χ4v) is 2.22. The van der Waals surface area contributed by atoms with Crippen LogP contribution in [0.25, 0.3) is 0 Å². The van der Waals surface area contributed by atoms with Crippen molar-refractivity contribution >= 4 is 17.7 Å². The van der Waals surface area contributed by atoms with Gasteiger partial charge in [-0.05, 0) is 18.6 Å². The van der Waals surface area contributed by atoms with Gasteiger partial charge in [0, 0.05) is 18.5 Å². The van der Waals surface area contributed by atoms with E-state index in [1.54, 1.807) is 6.20 Å². The average molecular weight is 268 g/mol. The van der Waals surface area contributed by atoms with Gasteiger partial charge in [0.2, 0.25) is 5.91 Å². The third-order valence-corrected chi connectivity index (χ3v) is 3.33. The zero-order chi connectivity index (χ0) is 13.2. The minimum atomic E-state index is -0.431. The van der Waals surface area contributed by atoms with E-state index < -0.39 is 6.10 Å². The van der Waals surface area contributed by atoms with Crippen molar-refractivity contribution in [2.75, 3.05) is 12.3 Å². The van der Waals surface area contributed by atoms with Gasteiger partial charge >= 0.3 is 0 Å². The molecule has 1 unspecified atom stereocenters. The van der Waals surface area contributed by atoms with E-state index in [1.807, 2.05) is 25.1 Å². The molecule has 0 aromatic carbocycles. The van der Waals surface area contributed by atoms with Gasteiger partial charge in [0.15, 0.2) is 0 Å². The Labute approximate surface area is 112 Å². The SMILES string of the molecule is CCCC(O)CNC(=O)CSCc1ccccn1. The maximum Gasteiger partial charge on any atom is 0.230 e. The van der Waals surface area contributed by atoms with Crippen LogP contribution in [0.15, 0.2) is 24.4 Å². The molecular weight excluding hydrogens is 248 g/mol. The smallest absolute Gasteiger partial charge is 0.230 e. The Kier molecular flexibility index (Phi) is 7.44. The van der Waals surface area contributed by atoms with E-state index in [0.717, 1.165) is 24.3 Å². The highest BCUT2D eigenvalue weighted by molar-refractivity contribution is 7.99. The zero-order valence-electron chi connectivity index (χ0n) is 10.6. The molecule has 0 aliphatic rings. The highest BCUT2D eigenvalue weighted by Gasteiger charge is 2.06. The third-order valence-electron chi connectivity index (χ3n) is 2.37. The molecule has 1 atom stereocenters. The number of carbonyl (C=O) groups is 1. The van der Waals surface area contributed by atoms with E-state index in [1.165, 1.54) is 11.8 Å². The van der Waals surface area contributed by atoms with Gasteiger partial charge in [-0.25, -0.2) is 0 Å². The molecule has 100 valence electrons. The largest absolute Gasteiger partial charge is 0.391 e. The lowest BCUT2D eigenvalue weighted by atomic mass is 10.2. The Bertz CT molecular complexity index is 346. The number of hydrogen-bond donors (Lipinski definition) is 2. The quantitative estimate of drug-likeness (QED) is 0.751. The summed E-state index contributed by atoms with van der Waals surface area (Å²) in [5.41, 5.74) is 0.973. The van der Waals surface area contributed by atoms with E-state index in [2.05, 4.69) is 10.3 Å². The number of nitrogens with one attached hydrogen (secondary N) is 1. The molecule has 1 aromatic rings. The first-order chi connectivity index (χ1) is 8.72. The number of aromatic nitrogens is 1. The van der Waals surface area contributed by atoms with Crippen LogP contribution in [-0.2, 0) is 10.5 Å². The number of nitrogens with zero attached hydrogens (tertiary/aromatic N) is 1. The second-order valence-electron chi connectivity index (χ2n) is 4.06. The lowest BCUT2D eigenvalue weighted by Gasteiger charge is -2.10. The summed E-state index contributed by atoms with van der Waals surface area (Å²) >= 11 is 1.52. The normalized spacial score (nSPS) is 12.1. The Hall–Kier alpha value is -1.07. The van der Waals surface area contributed by atoms with Gasteiger partial charge < -0.3 is 10.4 Å². The van der Waals surface area contributed by atoms with Crippen LogP contribution in [0.3, 0.4) is 0 Å². The number of pyridine rings is 1. The minimum absolute atomic E-state index is 0.0360. The lowest BCUT2D eigenvalue weighted by Crippen LogP contribution is -2.33. The van der Waals surface area contributed by atoms with Crippen LogP contribution < -0.4 is 5.32 Å². The number of thioether (sulfide) groups is 1. The molecule has 5 heteroatoms. The van der Waals surface area contributed by atoms with Crippen LogP contribution in [0.1, 0.15) is 25.5 Å². The van der Waals surface area contributed by atoms with E-state index in [0.29, 0.717) is 12.3 Å². The number of amides is 1. The van der Waals surface area contributed by atoms with E-state index in [-0.39, 0.29) is 5.91 Å². The molecule has 0 saturated carbocycles. The van der Waals surface area contributed by atoms with Gasteiger partial charge in [0.25, 0.3) is 0 Å². The third kappa shape index (κ3) is 6.61. The summed E-state index contributed by atoms with van der Waals surface area (Å²) in [6.45, 7) is 2.35. The van der Waals surface area contributed by atoms with Gasteiger partial charge in [0.05, 0.1) is 17.6 Å². The molecule has 2 N–H and O–H groups in total. The highest BCUT2D eigenvalue weighted by Crippen LogP contribution is 2.08. The summed E-state index contributed by atoms with van der Waals surface area (Å²) in [7, 11) is 0. The first-order valence-electron chi connectivity index (χ1n) is 6.14. The molecule has 0 aliphatic heterocycles. The van der Waals surface area contributed by atoms with Crippen molar-refractivity contribution in [1.29, 1.82) is 0 Å². The Morgan fingerprint density at radius 1 is 1.56 bits per heavy atom. The second kappa shape index (κ2) is 8.94. The molecule has 0 bridgehead atoms. The molecular formula is C13H20N2O2S. The van der Waals surface area contributed by atoms with Crippen LogP contribution in [0, 0.1) is 0 Å². The summed E-state index contributed by atoms with van der Waals surface area (Å²) in [6.07, 6.45) is 2.96. The van der Waals surface area contributed by atoms with Gasteiger partial charge in [-0.15, -0.1) is 11.8 Å². The zero-order valence-corrected chi connectivity index (χ0v) is 11.4. The van der Waals surface area contributed by atoms with E-state index in [9.17, 15) is 9.90 Å². The first-order valence-corrected chi connectivity index (χ1v) is 7.30. The summed E-state index contributed by atoms with van der Waals surface area (Å²) in [5, 5.41) is 12.2. The number of hydrogen-bond acceptors (Lipinski definition) is 4. The molecule has 0 fully saturated rings. The topological polar surface area (TPSA) is 62.2 Å². The van der Waals surface area contributed by atoms with Gasteiger partial charge in [-0.3, -0.25) is 9.78 Å². The monoisotopic (exact) mass is 268 g/mol. The Morgan fingerprint density at radius 2 is 2.39 bits per heavy atom. The fraction of sp³-hybridized carbons (Fsp3) is 0.538. The molecule has 0 aliphatic carbocycles. The molecule has 1 aromatic heterocycles. The summed E-state index contributed by atoms with van der Waals surface area (Å²) in [6, 6.07) is 5.75. The fourth-order valence-electron chi connectivity index (χ4n) is 1.45. The first kappa shape index (κ1) is 15.0. The van der Waals surface area contributed by atoms with Crippen LogP contribution >= 0.6 is 11.8 Å². The second-order valence-corrected chi connectivity index (χ2v) is 5.05. The molecule has 1 amide bonds. The number of carbonyl (C=O) groups excluding carboxylic acids is 1. The number of aliphatic hydroxyl groups is 1.